The molecule has 32 heavy (non-hydrogen) atoms. The van der Waals surface area contributed by atoms with E-state index in [9.17, 15) is 9.90 Å². The Morgan fingerprint density at radius 2 is 1.62 bits per heavy atom. The second kappa shape index (κ2) is 12.7. The maximum atomic E-state index is 12.8. The summed E-state index contributed by atoms with van der Waals surface area (Å²) in [5, 5.41) is 17.5. The number of hydrogen-bond acceptors (Lipinski definition) is 4. The first-order valence-corrected chi connectivity index (χ1v) is 11.6. The minimum atomic E-state index is -0.679. The molecular weight excluding hydrogens is 398 g/mol. The van der Waals surface area contributed by atoms with Crippen molar-refractivity contribution in [1.29, 1.82) is 0 Å². The van der Waals surface area contributed by atoms with Crippen LogP contribution in [0.5, 0.6) is 0 Å². The van der Waals surface area contributed by atoms with Gasteiger partial charge in [-0.1, -0.05) is 81.4 Å². The summed E-state index contributed by atoms with van der Waals surface area (Å²) in [7, 11) is 4.14. The molecule has 2 aromatic carbocycles. The molecule has 0 saturated carbocycles. The van der Waals surface area contributed by atoms with E-state index in [-0.39, 0.29) is 23.3 Å². The van der Waals surface area contributed by atoms with Crippen molar-refractivity contribution in [2.75, 3.05) is 33.7 Å². The van der Waals surface area contributed by atoms with Crippen molar-refractivity contribution in [1.82, 2.24) is 15.5 Å². The van der Waals surface area contributed by atoms with Crippen LogP contribution in [0, 0.1) is 5.41 Å². The summed E-state index contributed by atoms with van der Waals surface area (Å²) in [6.45, 7) is 8.66. The number of nitrogens with one attached hydrogen (secondary N) is 2. The summed E-state index contributed by atoms with van der Waals surface area (Å²) in [4.78, 5) is 15.0. The van der Waals surface area contributed by atoms with Gasteiger partial charge >= 0.3 is 0 Å². The third kappa shape index (κ3) is 9.51. The van der Waals surface area contributed by atoms with Crippen LogP contribution in [0.4, 0.5) is 0 Å². The van der Waals surface area contributed by atoms with E-state index in [1.807, 2.05) is 60.7 Å². The van der Waals surface area contributed by atoms with Crippen molar-refractivity contribution >= 4 is 5.91 Å². The first kappa shape index (κ1) is 26.0. The van der Waals surface area contributed by atoms with Gasteiger partial charge < -0.3 is 20.6 Å². The Morgan fingerprint density at radius 1 is 1.03 bits per heavy atom. The van der Waals surface area contributed by atoms with Crippen molar-refractivity contribution in [2.45, 2.75) is 51.7 Å². The van der Waals surface area contributed by atoms with E-state index in [1.165, 1.54) is 0 Å². The number of carbonyl (C=O) groups excluding carboxylic acids is 1. The number of aliphatic hydroxyl groups is 1. The average molecular weight is 440 g/mol. The topological polar surface area (TPSA) is 64.6 Å². The van der Waals surface area contributed by atoms with Crippen molar-refractivity contribution in [3.8, 4) is 0 Å². The lowest BCUT2D eigenvalue weighted by atomic mass is 9.92. The largest absolute Gasteiger partial charge is 0.390 e. The highest BCUT2D eigenvalue weighted by atomic mass is 16.3. The second-order valence-electron chi connectivity index (χ2n) is 9.98. The SMILES string of the molecule is CC(CC(=O)N[C@@H](Cc1ccccc1)[C@@H](O)CNCC(C)(C)CN(C)C)c1ccccc1. The third-order valence-corrected chi connectivity index (χ3v) is 5.67. The van der Waals surface area contributed by atoms with E-state index in [4.69, 9.17) is 0 Å². The molecule has 1 amide bonds. The van der Waals surface area contributed by atoms with Crippen LogP contribution in [-0.2, 0) is 11.2 Å². The van der Waals surface area contributed by atoms with Gasteiger partial charge in [0.1, 0.15) is 0 Å². The molecule has 0 radical (unpaired) electrons. The van der Waals surface area contributed by atoms with E-state index in [1.54, 1.807) is 0 Å². The molecule has 5 heteroatoms. The standard InChI is InChI=1S/C27H41N3O2/c1-21(23-14-10-7-11-15-23)16-26(32)29-24(17-22-12-8-6-9-13-22)25(31)18-28-19-27(2,3)20-30(4)5/h6-15,21,24-25,28,31H,16-20H2,1-5H3,(H,29,32)/t21?,24-,25-/m0/s1. The molecule has 0 heterocycles. The molecule has 2 aromatic rings. The van der Waals surface area contributed by atoms with Crippen LogP contribution in [0.1, 0.15) is 44.2 Å². The first-order valence-electron chi connectivity index (χ1n) is 11.6. The summed E-state index contributed by atoms with van der Waals surface area (Å²) in [6.07, 6.45) is 0.308. The molecule has 3 atom stereocenters. The van der Waals surface area contributed by atoms with Gasteiger partial charge in [-0.05, 0) is 43.0 Å². The van der Waals surface area contributed by atoms with Crippen LogP contribution < -0.4 is 10.6 Å². The minimum absolute atomic E-state index is 0.0331. The van der Waals surface area contributed by atoms with E-state index in [0.29, 0.717) is 19.4 Å². The van der Waals surface area contributed by atoms with Crippen LogP contribution in [-0.4, -0.2) is 61.8 Å². The Balaban J connectivity index is 1.97. The fourth-order valence-electron chi connectivity index (χ4n) is 4.21. The van der Waals surface area contributed by atoms with Gasteiger partial charge in [-0.15, -0.1) is 0 Å². The number of aliphatic hydroxyl groups excluding tert-OH is 1. The zero-order chi connectivity index (χ0) is 23.6. The van der Waals surface area contributed by atoms with E-state index in [2.05, 4.69) is 50.4 Å². The monoisotopic (exact) mass is 439 g/mol. The minimum Gasteiger partial charge on any atom is -0.390 e. The van der Waals surface area contributed by atoms with Gasteiger partial charge in [0, 0.05) is 26.1 Å². The van der Waals surface area contributed by atoms with Crippen molar-refractivity contribution in [3.63, 3.8) is 0 Å². The van der Waals surface area contributed by atoms with Gasteiger partial charge in [0.25, 0.3) is 0 Å². The molecule has 0 fully saturated rings. The molecule has 0 aliphatic carbocycles. The van der Waals surface area contributed by atoms with Crippen LogP contribution in [0.25, 0.3) is 0 Å². The van der Waals surface area contributed by atoms with E-state index in [0.717, 1.165) is 24.2 Å². The number of carbonyl (C=O) groups is 1. The van der Waals surface area contributed by atoms with Gasteiger partial charge in [0.05, 0.1) is 12.1 Å². The lowest BCUT2D eigenvalue weighted by Crippen LogP contribution is -2.50. The Labute approximate surface area is 194 Å². The fourth-order valence-corrected chi connectivity index (χ4v) is 4.21. The molecule has 0 aliphatic rings. The van der Waals surface area contributed by atoms with Gasteiger partial charge in [-0.2, -0.15) is 0 Å². The lowest BCUT2D eigenvalue weighted by molar-refractivity contribution is -0.123. The molecule has 5 nitrogen and oxygen atoms in total. The summed E-state index contributed by atoms with van der Waals surface area (Å²) in [5.74, 6) is 0.0879. The van der Waals surface area contributed by atoms with E-state index >= 15 is 0 Å². The molecule has 176 valence electrons. The average Bonchev–Trinajstić information content (AvgIpc) is 2.73. The Kier molecular flexibility index (Phi) is 10.4. The summed E-state index contributed by atoms with van der Waals surface area (Å²) in [6, 6.07) is 19.7. The Morgan fingerprint density at radius 3 is 2.22 bits per heavy atom. The molecule has 3 N–H and O–H groups in total. The molecule has 0 saturated heterocycles. The normalized spacial score (nSPS) is 14.7. The van der Waals surface area contributed by atoms with Crippen molar-refractivity contribution in [2.24, 2.45) is 5.41 Å². The number of benzene rings is 2. The molecule has 2 rings (SSSR count). The Bertz CT molecular complexity index is 793. The van der Waals surface area contributed by atoms with Crippen molar-refractivity contribution < 1.29 is 9.90 Å². The maximum Gasteiger partial charge on any atom is 0.220 e. The fraction of sp³-hybridized carbons (Fsp3) is 0.519. The molecule has 0 spiro atoms. The van der Waals surface area contributed by atoms with Crippen LogP contribution in [0.2, 0.25) is 0 Å². The van der Waals surface area contributed by atoms with Crippen molar-refractivity contribution in [3.05, 3.63) is 71.8 Å². The first-order chi connectivity index (χ1) is 15.2. The van der Waals surface area contributed by atoms with Crippen LogP contribution >= 0.6 is 0 Å². The molecule has 0 aliphatic heterocycles. The highest BCUT2D eigenvalue weighted by Gasteiger charge is 2.24. The highest BCUT2D eigenvalue weighted by molar-refractivity contribution is 5.77. The third-order valence-electron chi connectivity index (χ3n) is 5.67. The van der Waals surface area contributed by atoms with Gasteiger partial charge in [0.15, 0.2) is 0 Å². The zero-order valence-electron chi connectivity index (χ0n) is 20.3. The summed E-state index contributed by atoms with van der Waals surface area (Å²) < 4.78 is 0. The second-order valence-corrected chi connectivity index (χ2v) is 9.98. The van der Waals surface area contributed by atoms with Gasteiger partial charge in [0.2, 0.25) is 5.91 Å². The number of amides is 1. The number of hydrogen-bond donors (Lipinski definition) is 3. The summed E-state index contributed by atoms with van der Waals surface area (Å²) >= 11 is 0. The van der Waals surface area contributed by atoms with Gasteiger partial charge in [-0.3, -0.25) is 4.79 Å². The zero-order valence-corrected chi connectivity index (χ0v) is 20.3. The summed E-state index contributed by atoms with van der Waals surface area (Å²) in [5.41, 5.74) is 2.33. The molecule has 1 unspecified atom stereocenters. The molecule has 0 bridgehead atoms. The number of nitrogens with zero attached hydrogens (tertiary/aromatic N) is 1. The lowest BCUT2D eigenvalue weighted by Gasteiger charge is -2.30. The maximum absolute atomic E-state index is 12.8. The van der Waals surface area contributed by atoms with Crippen LogP contribution in [0.3, 0.4) is 0 Å². The smallest absolute Gasteiger partial charge is 0.220 e. The van der Waals surface area contributed by atoms with E-state index < -0.39 is 6.10 Å². The highest BCUT2D eigenvalue weighted by Crippen LogP contribution is 2.19. The van der Waals surface area contributed by atoms with Gasteiger partial charge in [-0.25, -0.2) is 0 Å². The molecule has 0 aromatic heterocycles. The Hall–Kier alpha value is -2.21. The predicted octanol–water partition coefficient (Wildman–Crippen LogP) is 3.45. The molecular formula is C27H41N3O2. The number of rotatable bonds is 13. The quantitative estimate of drug-likeness (QED) is 0.447. The van der Waals surface area contributed by atoms with Crippen LogP contribution in [0.15, 0.2) is 60.7 Å². The predicted molar refractivity (Wildman–Crippen MR) is 133 cm³/mol.